The molecule has 0 amide bonds. The first-order valence-corrected chi connectivity index (χ1v) is 13.1. The lowest BCUT2D eigenvalue weighted by Gasteiger charge is -2.25. The van der Waals surface area contributed by atoms with Crippen LogP contribution in [0.25, 0.3) is 6.08 Å². The number of thiazole rings is 1. The number of fused-ring (bicyclic) bond motifs is 1. The molecular formula is C26H24BrClN2O4S. The average molecular weight is 576 g/mol. The Labute approximate surface area is 220 Å². The SMILES string of the molecule is CCOc1ccc(C=c2sc3n(c2=O)C(c2ccc(Cl)cc2)C(C(=O)OC(C)C)=C(C)N=3)cc1Br. The smallest absolute Gasteiger partial charge is 0.338 e. The lowest BCUT2D eigenvalue weighted by atomic mass is 9.96. The third kappa shape index (κ3) is 5.29. The van der Waals surface area contributed by atoms with Crippen LogP contribution in [0.4, 0.5) is 0 Å². The molecule has 1 unspecified atom stereocenters. The molecule has 3 aromatic rings. The van der Waals surface area contributed by atoms with E-state index in [1.807, 2.05) is 43.3 Å². The number of ether oxygens (including phenoxy) is 2. The number of benzene rings is 2. The molecule has 0 aliphatic carbocycles. The van der Waals surface area contributed by atoms with Gasteiger partial charge in [0, 0.05) is 5.02 Å². The zero-order chi connectivity index (χ0) is 25.3. The van der Waals surface area contributed by atoms with Crippen molar-refractivity contribution >= 4 is 50.9 Å². The summed E-state index contributed by atoms with van der Waals surface area (Å²) < 4.78 is 14.0. The van der Waals surface area contributed by atoms with E-state index in [9.17, 15) is 9.59 Å². The first-order chi connectivity index (χ1) is 16.7. The summed E-state index contributed by atoms with van der Waals surface area (Å²) in [7, 11) is 0. The van der Waals surface area contributed by atoms with Crippen LogP contribution in [0.2, 0.25) is 5.02 Å². The van der Waals surface area contributed by atoms with E-state index in [4.69, 9.17) is 21.1 Å². The second-order valence-electron chi connectivity index (χ2n) is 8.21. The van der Waals surface area contributed by atoms with Gasteiger partial charge in [-0.25, -0.2) is 9.79 Å². The zero-order valence-corrected chi connectivity index (χ0v) is 22.8. The molecule has 1 atom stereocenters. The lowest BCUT2D eigenvalue weighted by Crippen LogP contribution is -2.40. The standard InChI is InChI=1S/C26H24BrClN2O4S/c1-5-33-20-11-6-16(12-19(20)27)13-21-24(31)30-23(17-7-9-18(28)10-8-17)22(25(32)34-14(2)3)15(4)29-26(30)35-21/h6-14,23H,5H2,1-4H3. The highest BCUT2D eigenvalue weighted by atomic mass is 79.9. The largest absolute Gasteiger partial charge is 0.493 e. The first kappa shape index (κ1) is 25.4. The van der Waals surface area contributed by atoms with E-state index >= 15 is 0 Å². The van der Waals surface area contributed by atoms with Crippen molar-refractivity contribution in [3.8, 4) is 5.75 Å². The maximum absolute atomic E-state index is 13.7. The maximum atomic E-state index is 13.7. The Hall–Kier alpha value is -2.68. The predicted octanol–water partition coefficient (Wildman–Crippen LogP) is 5.00. The Kier molecular flexibility index (Phi) is 7.64. The van der Waals surface area contributed by atoms with Gasteiger partial charge in [0.15, 0.2) is 4.80 Å². The molecule has 4 rings (SSSR count). The number of esters is 1. The van der Waals surface area contributed by atoms with Crippen molar-refractivity contribution in [3.05, 3.63) is 94.0 Å². The number of hydrogen-bond acceptors (Lipinski definition) is 6. The normalized spacial score (nSPS) is 15.7. The van der Waals surface area contributed by atoms with E-state index in [0.29, 0.717) is 32.2 Å². The molecule has 182 valence electrons. The fourth-order valence-corrected chi connectivity index (χ4v) is 5.54. The molecule has 1 aromatic heterocycles. The maximum Gasteiger partial charge on any atom is 0.338 e. The first-order valence-electron chi connectivity index (χ1n) is 11.1. The van der Waals surface area contributed by atoms with Gasteiger partial charge < -0.3 is 9.47 Å². The highest BCUT2D eigenvalue weighted by Crippen LogP contribution is 2.31. The Bertz CT molecular complexity index is 1490. The van der Waals surface area contributed by atoms with Gasteiger partial charge in [-0.15, -0.1) is 0 Å². The Morgan fingerprint density at radius 3 is 2.60 bits per heavy atom. The van der Waals surface area contributed by atoms with Crippen LogP contribution in [-0.2, 0) is 9.53 Å². The minimum atomic E-state index is -0.677. The number of nitrogens with zero attached hydrogens (tertiary/aromatic N) is 2. The summed E-state index contributed by atoms with van der Waals surface area (Å²) in [6, 6.07) is 12.1. The molecule has 9 heteroatoms. The van der Waals surface area contributed by atoms with E-state index in [0.717, 1.165) is 21.3 Å². The molecule has 0 N–H and O–H groups in total. The molecule has 0 fully saturated rings. The Morgan fingerprint density at radius 1 is 1.26 bits per heavy atom. The monoisotopic (exact) mass is 574 g/mol. The number of rotatable bonds is 6. The van der Waals surface area contributed by atoms with Crippen LogP contribution < -0.4 is 19.6 Å². The summed E-state index contributed by atoms with van der Waals surface area (Å²) in [5.74, 6) is 0.240. The van der Waals surface area contributed by atoms with Crippen LogP contribution >= 0.6 is 38.9 Å². The number of carbonyl (C=O) groups excluding carboxylic acids is 1. The zero-order valence-electron chi connectivity index (χ0n) is 19.7. The summed E-state index contributed by atoms with van der Waals surface area (Å²) in [5.41, 5.74) is 2.21. The van der Waals surface area contributed by atoms with Crippen molar-refractivity contribution in [3.63, 3.8) is 0 Å². The molecular weight excluding hydrogens is 552 g/mol. The van der Waals surface area contributed by atoms with Gasteiger partial charge in [0.1, 0.15) is 5.75 Å². The molecule has 1 aliphatic heterocycles. The van der Waals surface area contributed by atoms with Crippen molar-refractivity contribution in [1.82, 2.24) is 4.57 Å². The fraction of sp³-hybridized carbons (Fsp3) is 0.269. The van der Waals surface area contributed by atoms with Crippen LogP contribution in [0.3, 0.4) is 0 Å². The molecule has 0 radical (unpaired) electrons. The quantitative estimate of drug-likeness (QED) is 0.388. The predicted molar refractivity (Wildman–Crippen MR) is 142 cm³/mol. The summed E-state index contributed by atoms with van der Waals surface area (Å²) in [5, 5.41) is 0.564. The second-order valence-corrected chi connectivity index (χ2v) is 10.5. The van der Waals surface area contributed by atoms with Gasteiger partial charge in [0.05, 0.1) is 39.0 Å². The molecule has 2 aromatic carbocycles. The van der Waals surface area contributed by atoms with Crippen LogP contribution in [0.1, 0.15) is 44.9 Å². The molecule has 35 heavy (non-hydrogen) atoms. The minimum absolute atomic E-state index is 0.235. The molecule has 0 saturated heterocycles. The third-order valence-corrected chi connectivity index (χ3v) is 7.18. The average Bonchev–Trinajstić information content (AvgIpc) is 3.09. The van der Waals surface area contributed by atoms with E-state index in [-0.39, 0.29) is 11.7 Å². The molecule has 0 spiro atoms. The minimum Gasteiger partial charge on any atom is -0.493 e. The molecule has 1 aliphatic rings. The van der Waals surface area contributed by atoms with Gasteiger partial charge in [0.2, 0.25) is 0 Å². The fourth-order valence-electron chi connectivity index (χ4n) is 3.85. The number of hydrogen-bond donors (Lipinski definition) is 0. The van der Waals surface area contributed by atoms with Crippen LogP contribution in [0.15, 0.2) is 68.0 Å². The van der Waals surface area contributed by atoms with Crippen LogP contribution in [0.5, 0.6) is 5.75 Å². The second kappa shape index (κ2) is 10.5. The number of aromatic nitrogens is 1. The van der Waals surface area contributed by atoms with Crippen molar-refractivity contribution in [2.45, 2.75) is 39.8 Å². The summed E-state index contributed by atoms with van der Waals surface area (Å²) >= 11 is 10.9. The third-order valence-electron chi connectivity index (χ3n) is 5.32. The molecule has 0 saturated carbocycles. The Morgan fingerprint density at radius 2 is 1.97 bits per heavy atom. The summed E-state index contributed by atoms with van der Waals surface area (Å²) in [4.78, 5) is 31.9. The number of halogens is 2. The van der Waals surface area contributed by atoms with Crippen molar-refractivity contribution in [1.29, 1.82) is 0 Å². The number of allylic oxidation sites excluding steroid dienone is 1. The van der Waals surface area contributed by atoms with Gasteiger partial charge >= 0.3 is 5.97 Å². The highest BCUT2D eigenvalue weighted by molar-refractivity contribution is 9.10. The summed E-state index contributed by atoms with van der Waals surface area (Å²) in [6.07, 6.45) is 1.51. The van der Waals surface area contributed by atoms with Crippen LogP contribution in [-0.4, -0.2) is 23.2 Å². The van der Waals surface area contributed by atoms with E-state index in [2.05, 4.69) is 20.9 Å². The van der Waals surface area contributed by atoms with E-state index < -0.39 is 12.0 Å². The van der Waals surface area contributed by atoms with Gasteiger partial charge in [0.25, 0.3) is 5.56 Å². The van der Waals surface area contributed by atoms with Crippen molar-refractivity contribution in [2.24, 2.45) is 4.99 Å². The highest BCUT2D eigenvalue weighted by Gasteiger charge is 2.33. The van der Waals surface area contributed by atoms with E-state index in [1.54, 1.807) is 37.5 Å². The lowest BCUT2D eigenvalue weighted by molar-refractivity contribution is -0.143. The number of carbonyl (C=O) groups is 1. The molecule has 0 bridgehead atoms. The van der Waals surface area contributed by atoms with Crippen molar-refractivity contribution in [2.75, 3.05) is 6.61 Å². The molecule has 6 nitrogen and oxygen atoms in total. The van der Waals surface area contributed by atoms with E-state index in [1.165, 1.54) is 11.3 Å². The molecule has 2 heterocycles. The van der Waals surface area contributed by atoms with Gasteiger partial charge in [-0.2, -0.15) is 0 Å². The van der Waals surface area contributed by atoms with Gasteiger partial charge in [-0.3, -0.25) is 9.36 Å². The van der Waals surface area contributed by atoms with Crippen LogP contribution in [0, 0.1) is 0 Å². The Balaban J connectivity index is 1.89. The van der Waals surface area contributed by atoms with Gasteiger partial charge in [-0.1, -0.05) is 41.1 Å². The van der Waals surface area contributed by atoms with Gasteiger partial charge in [-0.05, 0) is 85.1 Å². The topological polar surface area (TPSA) is 69.9 Å². The summed E-state index contributed by atoms with van der Waals surface area (Å²) in [6.45, 7) is 7.82. The van der Waals surface area contributed by atoms with Crippen molar-refractivity contribution < 1.29 is 14.3 Å².